The molecule has 0 aromatic heterocycles. The summed E-state index contributed by atoms with van der Waals surface area (Å²) in [5.41, 5.74) is 0.740. The van der Waals surface area contributed by atoms with Gasteiger partial charge in [0.1, 0.15) is 17.8 Å². The molecule has 0 fully saturated rings. The van der Waals surface area contributed by atoms with Crippen molar-refractivity contribution in [2.75, 3.05) is 6.54 Å². The first-order valence-electron chi connectivity index (χ1n) is 14.3. The van der Waals surface area contributed by atoms with Gasteiger partial charge in [-0.2, -0.15) is 0 Å². The molecule has 40 heavy (non-hydrogen) atoms. The first-order valence-corrected chi connectivity index (χ1v) is 14.3. The number of amides is 4. The third-order valence-electron chi connectivity index (χ3n) is 6.33. The summed E-state index contributed by atoms with van der Waals surface area (Å²) in [7, 11) is 0. The zero-order valence-electron chi connectivity index (χ0n) is 25.1. The maximum absolute atomic E-state index is 13.4. The number of rotatable bonds is 17. The number of aliphatic hydroxyl groups is 1. The smallest absolute Gasteiger partial charge is 0.243 e. The van der Waals surface area contributed by atoms with E-state index >= 15 is 0 Å². The monoisotopic (exact) mass is 562 g/mol. The number of aromatic hydroxyl groups is 1. The molecule has 1 rings (SSSR count). The number of phenols is 1. The number of phenolic OH excluding ortho intramolecular Hbond substituents is 1. The van der Waals surface area contributed by atoms with E-state index in [9.17, 15) is 29.4 Å². The summed E-state index contributed by atoms with van der Waals surface area (Å²) in [4.78, 5) is 50.9. The molecule has 0 spiro atoms. The van der Waals surface area contributed by atoms with Crippen molar-refractivity contribution in [2.24, 2.45) is 17.8 Å². The molecular formula is C30H50N4O6. The maximum atomic E-state index is 13.4. The van der Waals surface area contributed by atoms with Gasteiger partial charge in [0.25, 0.3) is 0 Å². The minimum atomic E-state index is -1.21. The van der Waals surface area contributed by atoms with E-state index in [1.807, 2.05) is 27.7 Å². The van der Waals surface area contributed by atoms with Gasteiger partial charge >= 0.3 is 0 Å². The first kappa shape index (κ1) is 34.9. The van der Waals surface area contributed by atoms with Crippen molar-refractivity contribution in [1.29, 1.82) is 0 Å². The van der Waals surface area contributed by atoms with Crippen LogP contribution in [-0.4, -0.2) is 64.6 Å². The van der Waals surface area contributed by atoms with Gasteiger partial charge in [0.15, 0.2) is 0 Å². The lowest BCUT2D eigenvalue weighted by molar-refractivity contribution is -0.131. The molecule has 6 N–H and O–H groups in total. The van der Waals surface area contributed by atoms with Crippen molar-refractivity contribution in [3.63, 3.8) is 0 Å². The van der Waals surface area contributed by atoms with Crippen LogP contribution in [0.5, 0.6) is 5.75 Å². The number of benzene rings is 1. The van der Waals surface area contributed by atoms with Crippen LogP contribution in [0.15, 0.2) is 24.3 Å². The SMILES string of the molecule is CC(C)CCNC(=O)C(C)NC(=O)CC(O)C(CC(C)C)NC(=O)C(Cc1ccc(O)cc1)NC(=O)CC(C)C. The van der Waals surface area contributed by atoms with E-state index in [0.717, 1.165) is 12.0 Å². The Labute approximate surface area is 239 Å². The highest BCUT2D eigenvalue weighted by Crippen LogP contribution is 2.15. The topological polar surface area (TPSA) is 157 Å². The van der Waals surface area contributed by atoms with Gasteiger partial charge in [-0.25, -0.2) is 0 Å². The van der Waals surface area contributed by atoms with Crippen LogP contribution in [0.1, 0.15) is 79.7 Å². The van der Waals surface area contributed by atoms with E-state index in [0.29, 0.717) is 18.9 Å². The fraction of sp³-hybridized carbons (Fsp3) is 0.667. The summed E-state index contributed by atoms with van der Waals surface area (Å²) in [5.74, 6) is -0.821. The van der Waals surface area contributed by atoms with Crippen molar-refractivity contribution in [3.8, 4) is 5.75 Å². The maximum Gasteiger partial charge on any atom is 0.243 e. The number of hydrogen-bond acceptors (Lipinski definition) is 6. The quantitative estimate of drug-likeness (QED) is 0.171. The van der Waals surface area contributed by atoms with E-state index in [-0.39, 0.29) is 48.7 Å². The molecule has 0 saturated heterocycles. The minimum Gasteiger partial charge on any atom is -0.508 e. The number of nitrogens with one attached hydrogen (secondary N) is 4. The summed E-state index contributed by atoms with van der Waals surface area (Å²) < 4.78 is 0. The molecule has 4 unspecified atom stereocenters. The Morgan fingerprint density at radius 3 is 1.90 bits per heavy atom. The van der Waals surface area contributed by atoms with Crippen LogP contribution < -0.4 is 21.3 Å². The third-order valence-corrected chi connectivity index (χ3v) is 6.33. The molecule has 0 aliphatic heterocycles. The van der Waals surface area contributed by atoms with Gasteiger partial charge in [0.05, 0.1) is 18.6 Å². The zero-order valence-corrected chi connectivity index (χ0v) is 25.1. The lowest BCUT2D eigenvalue weighted by Crippen LogP contribution is -2.54. The van der Waals surface area contributed by atoms with Crippen molar-refractivity contribution >= 4 is 23.6 Å². The van der Waals surface area contributed by atoms with Crippen LogP contribution in [0.25, 0.3) is 0 Å². The molecule has 4 atom stereocenters. The molecule has 0 radical (unpaired) electrons. The number of hydrogen-bond donors (Lipinski definition) is 6. The molecule has 10 heteroatoms. The normalized spacial score (nSPS) is 14.4. The fourth-order valence-electron chi connectivity index (χ4n) is 4.14. The Bertz CT molecular complexity index is 948. The van der Waals surface area contributed by atoms with Crippen LogP contribution in [0, 0.1) is 17.8 Å². The standard InChI is InChI=1S/C30H50N4O6/c1-18(2)12-13-31-29(39)21(7)32-28(38)17-26(36)24(14-19(3)4)34-30(40)25(33-27(37)15-20(5)6)16-22-8-10-23(35)11-9-22/h8-11,18-21,24-26,35-36H,12-17H2,1-7H3,(H,31,39)(H,32,38)(H,33,37)(H,34,40). The van der Waals surface area contributed by atoms with Crippen molar-refractivity contribution in [3.05, 3.63) is 29.8 Å². The summed E-state index contributed by atoms with van der Waals surface area (Å²) in [5, 5.41) is 31.6. The summed E-state index contributed by atoms with van der Waals surface area (Å²) in [6.45, 7) is 13.9. The summed E-state index contributed by atoms with van der Waals surface area (Å²) in [6.07, 6.45) is 0.155. The molecule has 10 nitrogen and oxygen atoms in total. The lowest BCUT2D eigenvalue weighted by atomic mass is 9.96. The zero-order chi connectivity index (χ0) is 30.4. The average molecular weight is 563 g/mol. The van der Waals surface area contributed by atoms with Crippen LogP contribution in [0.2, 0.25) is 0 Å². The molecule has 0 aliphatic rings. The van der Waals surface area contributed by atoms with Crippen LogP contribution in [0.4, 0.5) is 0 Å². The Balaban J connectivity index is 2.91. The van der Waals surface area contributed by atoms with Crippen molar-refractivity contribution in [1.82, 2.24) is 21.3 Å². The second kappa shape index (κ2) is 17.5. The molecule has 0 heterocycles. The van der Waals surface area contributed by atoms with E-state index in [1.165, 1.54) is 12.1 Å². The van der Waals surface area contributed by atoms with Gasteiger partial charge in [0, 0.05) is 19.4 Å². The third kappa shape index (κ3) is 14.3. The minimum absolute atomic E-state index is 0.0920. The molecular weight excluding hydrogens is 512 g/mol. The van der Waals surface area contributed by atoms with Crippen LogP contribution >= 0.6 is 0 Å². The van der Waals surface area contributed by atoms with E-state index in [1.54, 1.807) is 19.1 Å². The fourth-order valence-corrected chi connectivity index (χ4v) is 4.14. The second-order valence-corrected chi connectivity index (χ2v) is 11.9. The first-order chi connectivity index (χ1) is 18.7. The van der Waals surface area contributed by atoms with Gasteiger partial charge in [-0.15, -0.1) is 0 Å². The van der Waals surface area contributed by atoms with Gasteiger partial charge in [-0.1, -0.05) is 53.7 Å². The largest absolute Gasteiger partial charge is 0.508 e. The van der Waals surface area contributed by atoms with Gasteiger partial charge in [-0.3, -0.25) is 19.2 Å². The second-order valence-electron chi connectivity index (χ2n) is 11.9. The van der Waals surface area contributed by atoms with Crippen LogP contribution in [0.3, 0.4) is 0 Å². The average Bonchev–Trinajstić information content (AvgIpc) is 2.83. The van der Waals surface area contributed by atoms with Gasteiger partial charge < -0.3 is 31.5 Å². The molecule has 4 amide bonds. The molecule has 0 aliphatic carbocycles. The summed E-state index contributed by atoms with van der Waals surface area (Å²) in [6, 6.07) is 3.94. The Morgan fingerprint density at radius 1 is 0.750 bits per heavy atom. The molecule has 1 aromatic carbocycles. The Hall–Kier alpha value is -3.14. The van der Waals surface area contributed by atoms with E-state index in [2.05, 4.69) is 35.1 Å². The van der Waals surface area contributed by atoms with E-state index < -0.39 is 36.0 Å². The Morgan fingerprint density at radius 2 is 1.35 bits per heavy atom. The lowest BCUT2D eigenvalue weighted by Gasteiger charge is -2.28. The molecule has 0 saturated carbocycles. The molecule has 1 aromatic rings. The predicted octanol–water partition coefficient (Wildman–Crippen LogP) is 2.41. The highest BCUT2D eigenvalue weighted by molar-refractivity contribution is 5.89. The number of carbonyl (C=O) groups excluding carboxylic acids is 4. The number of carbonyl (C=O) groups is 4. The number of aliphatic hydroxyl groups excluding tert-OH is 1. The summed E-state index contributed by atoms with van der Waals surface area (Å²) >= 11 is 0. The van der Waals surface area contributed by atoms with Gasteiger partial charge in [-0.05, 0) is 55.2 Å². The highest BCUT2D eigenvalue weighted by Gasteiger charge is 2.29. The molecule has 226 valence electrons. The predicted molar refractivity (Wildman–Crippen MR) is 155 cm³/mol. The highest BCUT2D eigenvalue weighted by atomic mass is 16.3. The Kier molecular flexibility index (Phi) is 15.3. The molecule has 0 bridgehead atoms. The van der Waals surface area contributed by atoms with E-state index in [4.69, 9.17) is 0 Å². The van der Waals surface area contributed by atoms with Crippen molar-refractivity contribution in [2.45, 2.75) is 105 Å². The van der Waals surface area contributed by atoms with Crippen molar-refractivity contribution < 1.29 is 29.4 Å². The van der Waals surface area contributed by atoms with Crippen LogP contribution in [-0.2, 0) is 25.6 Å². The van der Waals surface area contributed by atoms with Gasteiger partial charge in [0.2, 0.25) is 23.6 Å².